The zero-order valence-electron chi connectivity index (χ0n) is 13.0. The molecule has 2 aliphatic heterocycles. The number of carbonyl (C=O) groups excluding carboxylic acids is 2. The Balaban J connectivity index is 1.57. The number of halogens is 1. The molecule has 0 saturated carbocycles. The van der Waals surface area contributed by atoms with Gasteiger partial charge in [0.15, 0.2) is 11.5 Å². The van der Waals surface area contributed by atoms with Crippen molar-refractivity contribution in [3.05, 3.63) is 65.1 Å². The maximum atomic E-state index is 13.8. The molecule has 0 radical (unpaired) electrons. The van der Waals surface area contributed by atoms with E-state index in [2.05, 4.69) is 5.32 Å². The zero-order chi connectivity index (χ0) is 17.4. The van der Waals surface area contributed by atoms with Gasteiger partial charge in [-0.15, -0.1) is 0 Å². The van der Waals surface area contributed by atoms with Gasteiger partial charge in [-0.1, -0.05) is 24.3 Å². The monoisotopic (exact) mass is 340 g/mol. The molecule has 0 atom stereocenters. The Morgan fingerprint density at radius 1 is 1.12 bits per heavy atom. The van der Waals surface area contributed by atoms with Crippen LogP contribution in [-0.2, 0) is 11.3 Å². The van der Waals surface area contributed by atoms with Gasteiger partial charge in [0.25, 0.3) is 5.91 Å². The number of ether oxygens (including phenoxy) is 2. The van der Waals surface area contributed by atoms with Crippen molar-refractivity contribution in [2.75, 3.05) is 6.79 Å². The molecule has 0 unspecified atom stereocenters. The summed E-state index contributed by atoms with van der Waals surface area (Å²) in [5.41, 5.74) is 1.08. The third kappa shape index (κ3) is 2.80. The van der Waals surface area contributed by atoms with Gasteiger partial charge in [0.05, 0.1) is 6.54 Å². The van der Waals surface area contributed by atoms with Crippen LogP contribution in [0.2, 0.25) is 0 Å². The molecule has 3 amide bonds. The fraction of sp³-hybridized carbons (Fsp3) is 0.111. The van der Waals surface area contributed by atoms with Crippen LogP contribution in [0.5, 0.6) is 11.5 Å². The Hall–Kier alpha value is -3.35. The molecule has 6 nitrogen and oxygen atoms in total. The number of benzene rings is 2. The summed E-state index contributed by atoms with van der Waals surface area (Å²) in [5.74, 6) is 0.238. The lowest BCUT2D eigenvalue weighted by molar-refractivity contribution is -0.123. The second-order valence-electron chi connectivity index (χ2n) is 5.58. The van der Waals surface area contributed by atoms with E-state index in [1.54, 1.807) is 36.4 Å². The Bertz CT molecular complexity index is 910. The third-order valence-electron chi connectivity index (χ3n) is 3.96. The number of amides is 3. The summed E-state index contributed by atoms with van der Waals surface area (Å²) in [6, 6.07) is 10.6. The number of nitrogens with zero attached hydrogens (tertiary/aromatic N) is 1. The average molecular weight is 340 g/mol. The van der Waals surface area contributed by atoms with Crippen molar-refractivity contribution in [2.45, 2.75) is 6.54 Å². The van der Waals surface area contributed by atoms with Gasteiger partial charge in [-0.05, 0) is 29.8 Å². The van der Waals surface area contributed by atoms with Gasteiger partial charge in [0, 0.05) is 5.56 Å². The molecule has 1 fully saturated rings. The maximum absolute atomic E-state index is 13.8. The SMILES string of the molecule is O=C1NC(=Cc2ccc3c(c2)OCO3)C(=O)N1Cc1ccccc1F. The summed E-state index contributed by atoms with van der Waals surface area (Å²) in [5, 5.41) is 2.51. The minimum Gasteiger partial charge on any atom is -0.454 e. The molecule has 1 N–H and O–H groups in total. The molecule has 0 spiro atoms. The summed E-state index contributed by atoms with van der Waals surface area (Å²) >= 11 is 0. The van der Waals surface area contributed by atoms with Gasteiger partial charge in [-0.25, -0.2) is 9.18 Å². The molecule has 2 aromatic rings. The van der Waals surface area contributed by atoms with Crippen molar-refractivity contribution in [3.63, 3.8) is 0 Å². The molecule has 7 heteroatoms. The first-order valence-electron chi connectivity index (χ1n) is 7.59. The van der Waals surface area contributed by atoms with Crippen molar-refractivity contribution in [2.24, 2.45) is 0 Å². The van der Waals surface area contributed by atoms with Gasteiger partial charge in [0.2, 0.25) is 6.79 Å². The van der Waals surface area contributed by atoms with Crippen molar-refractivity contribution < 1.29 is 23.5 Å². The molecule has 2 aromatic carbocycles. The minimum atomic E-state index is -0.583. The van der Waals surface area contributed by atoms with Gasteiger partial charge in [-0.2, -0.15) is 0 Å². The first-order valence-corrected chi connectivity index (χ1v) is 7.59. The van der Waals surface area contributed by atoms with Crippen LogP contribution in [0.25, 0.3) is 6.08 Å². The molecular formula is C18H13FN2O4. The lowest BCUT2D eigenvalue weighted by Gasteiger charge is -2.12. The highest BCUT2D eigenvalue weighted by Crippen LogP contribution is 2.33. The van der Waals surface area contributed by atoms with E-state index in [4.69, 9.17) is 9.47 Å². The van der Waals surface area contributed by atoms with E-state index in [1.807, 2.05) is 0 Å². The third-order valence-corrected chi connectivity index (χ3v) is 3.96. The first kappa shape index (κ1) is 15.2. The summed E-state index contributed by atoms with van der Waals surface area (Å²) in [4.78, 5) is 25.5. The van der Waals surface area contributed by atoms with E-state index in [9.17, 15) is 14.0 Å². The van der Waals surface area contributed by atoms with Crippen LogP contribution in [0.15, 0.2) is 48.2 Å². The summed E-state index contributed by atoms with van der Waals surface area (Å²) < 4.78 is 24.3. The lowest BCUT2D eigenvalue weighted by atomic mass is 10.1. The highest BCUT2D eigenvalue weighted by molar-refractivity contribution is 6.13. The second kappa shape index (κ2) is 5.94. The van der Waals surface area contributed by atoms with Crippen LogP contribution in [0.3, 0.4) is 0 Å². The molecule has 0 aromatic heterocycles. The van der Waals surface area contributed by atoms with Gasteiger partial charge in [0.1, 0.15) is 11.5 Å². The van der Waals surface area contributed by atoms with Crippen LogP contribution >= 0.6 is 0 Å². The van der Waals surface area contributed by atoms with Gasteiger partial charge in [-0.3, -0.25) is 9.69 Å². The molecule has 0 bridgehead atoms. The predicted octanol–water partition coefficient (Wildman–Crippen LogP) is 2.65. The highest BCUT2D eigenvalue weighted by Gasteiger charge is 2.34. The average Bonchev–Trinajstić information content (AvgIpc) is 3.16. The standard InChI is InChI=1S/C18H13FN2O4/c19-13-4-2-1-3-12(13)9-21-17(22)14(20-18(21)23)7-11-5-6-15-16(8-11)25-10-24-15/h1-8H,9-10H2,(H,20,23). The number of fused-ring (bicyclic) bond motifs is 1. The Morgan fingerprint density at radius 2 is 1.92 bits per heavy atom. The van der Waals surface area contributed by atoms with Crippen molar-refractivity contribution in [3.8, 4) is 11.5 Å². The first-order chi connectivity index (χ1) is 12.1. The van der Waals surface area contributed by atoms with Crippen LogP contribution in [-0.4, -0.2) is 23.6 Å². The number of carbonyl (C=O) groups is 2. The number of hydrogen-bond acceptors (Lipinski definition) is 4. The Labute approximate surface area is 142 Å². The van der Waals surface area contributed by atoms with Crippen molar-refractivity contribution in [1.82, 2.24) is 10.2 Å². The van der Waals surface area contributed by atoms with Crippen LogP contribution in [0.1, 0.15) is 11.1 Å². The summed E-state index contributed by atoms with van der Waals surface area (Å²) in [6.07, 6.45) is 1.55. The van der Waals surface area contributed by atoms with Crippen LogP contribution in [0.4, 0.5) is 9.18 Å². The van der Waals surface area contributed by atoms with E-state index in [-0.39, 0.29) is 24.6 Å². The fourth-order valence-electron chi connectivity index (χ4n) is 2.68. The Morgan fingerprint density at radius 3 is 2.76 bits per heavy atom. The van der Waals surface area contributed by atoms with E-state index in [0.29, 0.717) is 17.1 Å². The van der Waals surface area contributed by atoms with Crippen molar-refractivity contribution >= 4 is 18.0 Å². The van der Waals surface area contributed by atoms with E-state index >= 15 is 0 Å². The lowest BCUT2D eigenvalue weighted by Crippen LogP contribution is -2.30. The van der Waals surface area contributed by atoms with Gasteiger partial charge >= 0.3 is 6.03 Å². The molecule has 1 saturated heterocycles. The predicted molar refractivity (Wildman–Crippen MR) is 86.0 cm³/mol. The van der Waals surface area contributed by atoms with Crippen molar-refractivity contribution in [1.29, 1.82) is 0 Å². The minimum absolute atomic E-state index is 0.125. The van der Waals surface area contributed by atoms with Gasteiger partial charge < -0.3 is 14.8 Å². The fourth-order valence-corrected chi connectivity index (χ4v) is 2.68. The molecule has 2 heterocycles. The summed E-state index contributed by atoms with van der Waals surface area (Å²) in [6.45, 7) is 0.0251. The van der Waals surface area contributed by atoms with E-state index in [0.717, 1.165) is 4.90 Å². The van der Waals surface area contributed by atoms with E-state index < -0.39 is 17.8 Å². The topological polar surface area (TPSA) is 67.9 Å². The second-order valence-corrected chi connectivity index (χ2v) is 5.58. The molecule has 2 aliphatic rings. The molecule has 4 rings (SSSR count). The number of imide groups is 1. The highest BCUT2D eigenvalue weighted by atomic mass is 19.1. The molecular weight excluding hydrogens is 327 g/mol. The summed E-state index contributed by atoms with van der Waals surface area (Å²) in [7, 11) is 0. The largest absolute Gasteiger partial charge is 0.454 e. The molecule has 25 heavy (non-hydrogen) atoms. The number of nitrogens with one attached hydrogen (secondary N) is 1. The normalized spacial score (nSPS) is 17.3. The van der Waals surface area contributed by atoms with Crippen LogP contribution in [0, 0.1) is 5.82 Å². The number of urea groups is 1. The molecule has 126 valence electrons. The number of rotatable bonds is 3. The Kier molecular flexibility index (Phi) is 3.61. The quantitative estimate of drug-likeness (QED) is 0.689. The smallest absolute Gasteiger partial charge is 0.329 e. The zero-order valence-corrected chi connectivity index (χ0v) is 13.0. The van der Waals surface area contributed by atoms with Crippen LogP contribution < -0.4 is 14.8 Å². The number of hydrogen-bond donors (Lipinski definition) is 1. The maximum Gasteiger partial charge on any atom is 0.329 e. The molecule has 0 aliphatic carbocycles. The van der Waals surface area contributed by atoms with E-state index in [1.165, 1.54) is 12.1 Å².